The summed E-state index contributed by atoms with van der Waals surface area (Å²) in [5, 5.41) is 0. The zero-order valence-electron chi connectivity index (χ0n) is 23.9. The summed E-state index contributed by atoms with van der Waals surface area (Å²) in [5.74, 6) is 0. The van der Waals surface area contributed by atoms with Gasteiger partial charge in [-0.2, -0.15) is 0 Å². The van der Waals surface area contributed by atoms with Crippen LogP contribution in [0.15, 0.2) is 169 Å². The summed E-state index contributed by atoms with van der Waals surface area (Å²) in [7, 11) is 0. The third kappa shape index (κ3) is 6.58. The summed E-state index contributed by atoms with van der Waals surface area (Å²) in [4.78, 5) is 4.59. The van der Waals surface area contributed by atoms with E-state index in [1.54, 1.807) is 0 Å². The molecule has 0 spiro atoms. The van der Waals surface area contributed by atoms with Gasteiger partial charge in [-0.1, -0.05) is 85.5 Å². The second kappa shape index (κ2) is 12.9. The first-order chi connectivity index (χ1) is 20.0. The molecule has 0 atom stereocenters. The van der Waals surface area contributed by atoms with E-state index in [4.69, 9.17) is 0 Å². The quantitative estimate of drug-likeness (QED) is 0.156. The lowest BCUT2D eigenvalue weighted by atomic mass is 9.94. The first kappa shape index (κ1) is 27.5. The lowest BCUT2D eigenvalue weighted by Gasteiger charge is -2.30. The van der Waals surface area contributed by atoms with Gasteiger partial charge in [-0.3, -0.25) is 0 Å². The molecule has 0 aliphatic heterocycles. The Morgan fingerprint density at radius 3 is 1.95 bits per heavy atom. The molecule has 1 aliphatic rings. The van der Waals surface area contributed by atoms with Gasteiger partial charge in [0.05, 0.1) is 5.70 Å². The number of allylic oxidation sites excluding steroid dienone is 7. The summed E-state index contributed by atoms with van der Waals surface area (Å²) in [6.45, 7) is 12.1. The summed E-state index contributed by atoms with van der Waals surface area (Å²) in [6.07, 6.45) is 10.5. The molecule has 0 saturated carbocycles. The second-order valence-electron chi connectivity index (χ2n) is 10.3. The van der Waals surface area contributed by atoms with Crippen LogP contribution in [0.4, 0.5) is 22.7 Å². The average molecular weight is 533 g/mol. The van der Waals surface area contributed by atoms with Gasteiger partial charge in [0.1, 0.15) is 0 Å². The molecule has 0 saturated heterocycles. The van der Waals surface area contributed by atoms with Crippen LogP contribution in [0, 0.1) is 6.92 Å². The number of rotatable bonds is 9. The molecule has 0 bridgehead atoms. The van der Waals surface area contributed by atoms with Crippen LogP contribution in [-0.4, -0.2) is 0 Å². The minimum Gasteiger partial charge on any atom is -0.314 e. The minimum absolute atomic E-state index is 0.961. The fourth-order valence-electron chi connectivity index (χ4n) is 5.25. The maximum absolute atomic E-state index is 4.10. The molecule has 4 aromatic carbocycles. The average Bonchev–Trinajstić information content (AvgIpc) is 2.99. The third-order valence-electron chi connectivity index (χ3n) is 7.10. The van der Waals surface area contributed by atoms with Crippen LogP contribution < -0.4 is 9.80 Å². The van der Waals surface area contributed by atoms with E-state index >= 15 is 0 Å². The predicted octanol–water partition coefficient (Wildman–Crippen LogP) is 10.8. The van der Waals surface area contributed by atoms with Crippen molar-refractivity contribution >= 4 is 28.3 Å². The van der Waals surface area contributed by atoms with E-state index in [1.165, 1.54) is 33.8 Å². The minimum atomic E-state index is 0.961. The smallest absolute Gasteiger partial charge is 0.0540 e. The van der Waals surface area contributed by atoms with Crippen molar-refractivity contribution in [2.24, 2.45) is 0 Å². The number of benzene rings is 4. The fourth-order valence-corrected chi connectivity index (χ4v) is 5.25. The zero-order chi connectivity index (χ0) is 28.6. The SMILES string of the molecule is C=C=C/C(=C\C(=C)C)N(c1ccccc1)c1ccc(C2=CC=C(N(c3ccccc3)c3cccc(C)c3)CC2)cc1. The molecule has 2 heteroatoms. The Balaban J connectivity index is 1.47. The highest BCUT2D eigenvalue weighted by atomic mass is 15.2. The molecule has 41 heavy (non-hydrogen) atoms. The highest BCUT2D eigenvalue weighted by Crippen LogP contribution is 2.37. The Morgan fingerprint density at radius 1 is 0.732 bits per heavy atom. The summed E-state index contributed by atoms with van der Waals surface area (Å²) in [6, 6.07) is 38.5. The molecular weight excluding hydrogens is 496 g/mol. The van der Waals surface area contributed by atoms with Gasteiger partial charge in [0.15, 0.2) is 0 Å². The highest BCUT2D eigenvalue weighted by molar-refractivity contribution is 5.76. The van der Waals surface area contributed by atoms with Gasteiger partial charge < -0.3 is 9.80 Å². The van der Waals surface area contributed by atoms with Crippen molar-refractivity contribution in [3.8, 4) is 0 Å². The Bertz CT molecular complexity index is 1650. The summed E-state index contributed by atoms with van der Waals surface area (Å²) >= 11 is 0. The predicted molar refractivity (Wildman–Crippen MR) is 177 cm³/mol. The number of hydrogen-bond acceptors (Lipinski definition) is 2. The largest absolute Gasteiger partial charge is 0.314 e. The van der Waals surface area contributed by atoms with E-state index in [2.05, 4.69) is 157 Å². The van der Waals surface area contributed by atoms with Crippen LogP contribution in [0.5, 0.6) is 0 Å². The Kier molecular flexibility index (Phi) is 8.64. The van der Waals surface area contributed by atoms with Gasteiger partial charge in [0.25, 0.3) is 0 Å². The second-order valence-corrected chi connectivity index (χ2v) is 10.3. The molecule has 0 radical (unpaired) electrons. The molecule has 0 aromatic heterocycles. The topological polar surface area (TPSA) is 6.48 Å². The van der Waals surface area contributed by atoms with Gasteiger partial charge in [0, 0.05) is 34.5 Å². The molecule has 2 nitrogen and oxygen atoms in total. The van der Waals surface area contributed by atoms with Crippen LogP contribution in [0.3, 0.4) is 0 Å². The van der Waals surface area contributed by atoms with Gasteiger partial charge in [-0.15, -0.1) is 5.73 Å². The van der Waals surface area contributed by atoms with Crippen molar-refractivity contribution in [2.45, 2.75) is 26.7 Å². The molecule has 0 fully saturated rings. The third-order valence-corrected chi connectivity index (χ3v) is 7.10. The normalized spacial score (nSPS) is 13.0. The maximum Gasteiger partial charge on any atom is 0.0540 e. The van der Waals surface area contributed by atoms with E-state index < -0.39 is 0 Å². The lowest BCUT2D eigenvalue weighted by Crippen LogP contribution is -2.18. The molecule has 202 valence electrons. The van der Waals surface area contributed by atoms with Gasteiger partial charge >= 0.3 is 0 Å². The van der Waals surface area contributed by atoms with Crippen molar-refractivity contribution in [3.05, 3.63) is 180 Å². The zero-order valence-corrected chi connectivity index (χ0v) is 23.9. The Labute approximate surface area is 244 Å². The van der Waals surface area contributed by atoms with E-state index in [0.717, 1.165) is 35.5 Å². The number of aryl methyl sites for hydroxylation is 1. The Hall–Kier alpha value is -5.04. The first-order valence-electron chi connectivity index (χ1n) is 14.0. The Morgan fingerprint density at radius 2 is 1.37 bits per heavy atom. The number of hydrogen-bond donors (Lipinski definition) is 0. The van der Waals surface area contributed by atoms with Crippen LogP contribution in [0.25, 0.3) is 5.57 Å². The maximum atomic E-state index is 4.10. The van der Waals surface area contributed by atoms with Crippen molar-refractivity contribution < 1.29 is 0 Å². The molecule has 0 amide bonds. The molecule has 5 rings (SSSR count). The van der Waals surface area contributed by atoms with E-state index in [9.17, 15) is 0 Å². The van der Waals surface area contributed by atoms with Crippen LogP contribution >= 0.6 is 0 Å². The van der Waals surface area contributed by atoms with Crippen molar-refractivity contribution in [1.82, 2.24) is 0 Å². The van der Waals surface area contributed by atoms with Gasteiger partial charge in [-0.25, -0.2) is 0 Å². The summed E-state index contributed by atoms with van der Waals surface area (Å²) in [5.41, 5.74) is 14.5. The van der Waals surface area contributed by atoms with Crippen LogP contribution in [0.1, 0.15) is 30.9 Å². The summed E-state index contributed by atoms with van der Waals surface area (Å²) < 4.78 is 0. The van der Waals surface area contributed by atoms with Crippen LogP contribution in [0.2, 0.25) is 0 Å². The number of anilines is 4. The molecule has 0 unspecified atom stereocenters. The van der Waals surface area contributed by atoms with Crippen molar-refractivity contribution in [3.63, 3.8) is 0 Å². The molecule has 4 aromatic rings. The fraction of sp³-hybridized carbons (Fsp3) is 0.103. The van der Waals surface area contributed by atoms with Crippen molar-refractivity contribution in [2.75, 3.05) is 9.80 Å². The molecule has 0 N–H and O–H groups in total. The lowest BCUT2D eigenvalue weighted by molar-refractivity contribution is 0.929. The van der Waals surface area contributed by atoms with E-state index in [0.29, 0.717) is 0 Å². The van der Waals surface area contributed by atoms with Crippen molar-refractivity contribution in [1.29, 1.82) is 0 Å². The van der Waals surface area contributed by atoms with E-state index in [-0.39, 0.29) is 0 Å². The molecular formula is C39H36N2. The number of nitrogens with zero attached hydrogens (tertiary/aromatic N) is 2. The molecule has 0 heterocycles. The van der Waals surface area contributed by atoms with Gasteiger partial charge in [-0.05, 0) is 104 Å². The van der Waals surface area contributed by atoms with E-state index in [1.807, 2.05) is 19.1 Å². The number of para-hydroxylation sites is 2. The monoisotopic (exact) mass is 532 g/mol. The standard InChI is InChI=1S/C39H36N2/c1-5-13-38(28-30(2)3)40(34-15-8-6-9-16-34)36-24-20-32(21-25-36)33-22-26-37(27-23-33)41(35-17-10-7-11-18-35)39-19-12-14-31(4)29-39/h6-22,24-26,28-29H,1-2,23,27H2,3-4H3/b38-28+. The molecule has 1 aliphatic carbocycles. The van der Waals surface area contributed by atoms with Gasteiger partial charge in [0.2, 0.25) is 0 Å². The van der Waals surface area contributed by atoms with Crippen LogP contribution in [-0.2, 0) is 0 Å². The first-order valence-corrected chi connectivity index (χ1v) is 14.0. The highest BCUT2D eigenvalue weighted by Gasteiger charge is 2.19.